The highest BCUT2D eigenvalue weighted by molar-refractivity contribution is 6.00. The van der Waals surface area contributed by atoms with Gasteiger partial charge in [-0.15, -0.1) is 0 Å². The van der Waals surface area contributed by atoms with E-state index < -0.39 is 5.97 Å². The molecule has 0 heterocycles. The molecule has 0 fully saturated rings. The van der Waals surface area contributed by atoms with Crippen LogP contribution in [0.3, 0.4) is 0 Å². The lowest BCUT2D eigenvalue weighted by Gasteiger charge is -2.12. The Morgan fingerprint density at radius 2 is 1.50 bits per heavy atom. The molecular weight excluding hydrogens is 326 g/mol. The highest BCUT2D eigenvalue weighted by atomic mass is 16.5. The van der Waals surface area contributed by atoms with Crippen molar-refractivity contribution in [1.82, 2.24) is 0 Å². The molecule has 0 saturated carbocycles. The van der Waals surface area contributed by atoms with E-state index in [9.17, 15) is 4.79 Å². The molecule has 0 amide bonds. The lowest BCUT2D eigenvalue weighted by molar-refractivity contribution is 0.0601. The van der Waals surface area contributed by atoms with Crippen LogP contribution < -0.4 is 5.32 Å². The summed E-state index contributed by atoms with van der Waals surface area (Å²) in [5.41, 5.74) is 12.6. The van der Waals surface area contributed by atoms with Crippen molar-refractivity contribution in [3.8, 4) is 22.3 Å². The van der Waals surface area contributed by atoms with E-state index in [0.717, 1.165) is 22.3 Å². The third kappa shape index (κ3) is 3.32. The molecule has 0 unspecified atom stereocenters. The summed E-state index contributed by atoms with van der Waals surface area (Å²) in [5.74, 6) is -0.518. The number of carbonyl (C=O) groups is 1. The molecule has 5 heteroatoms. The average molecular weight is 345 g/mol. The molecule has 3 aromatic rings. The summed E-state index contributed by atoms with van der Waals surface area (Å²) in [6.07, 6.45) is 0. The first kappa shape index (κ1) is 17.4. The van der Waals surface area contributed by atoms with E-state index in [0.29, 0.717) is 5.69 Å². The van der Waals surface area contributed by atoms with E-state index in [-0.39, 0.29) is 11.3 Å². The van der Waals surface area contributed by atoms with E-state index >= 15 is 0 Å². The fraction of sp³-hybridized carbons (Fsp3) is 0.0952. The van der Waals surface area contributed by atoms with Gasteiger partial charge in [0.1, 0.15) is 5.69 Å². The van der Waals surface area contributed by atoms with Crippen molar-refractivity contribution in [2.45, 2.75) is 0 Å². The van der Waals surface area contributed by atoms with Gasteiger partial charge in [-0.2, -0.15) is 5.11 Å². The minimum Gasteiger partial charge on any atom is -0.465 e. The van der Waals surface area contributed by atoms with Crippen molar-refractivity contribution in [2.75, 3.05) is 19.5 Å². The van der Waals surface area contributed by atoms with E-state index in [2.05, 4.69) is 22.6 Å². The van der Waals surface area contributed by atoms with Gasteiger partial charge in [0.05, 0.1) is 18.4 Å². The number of anilines is 1. The second-order valence-electron chi connectivity index (χ2n) is 5.72. The highest BCUT2D eigenvalue weighted by Crippen LogP contribution is 2.35. The monoisotopic (exact) mass is 345 g/mol. The molecular formula is C21H19N3O2. The Labute approximate surface area is 152 Å². The highest BCUT2D eigenvalue weighted by Gasteiger charge is 2.17. The fourth-order valence-electron chi connectivity index (χ4n) is 2.86. The number of hydrogen-bond donors (Lipinski definition) is 2. The van der Waals surface area contributed by atoms with Crippen LogP contribution in [0.1, 0.15) is 10.4 Å². The second-order valence-corrected chi connectivity index (χ2v) is 5.72. The zero-order valence-corrected chi connectivity index (χ0v) is 14.6. The maximum absolute atomic E-state index is 12.1. The van der Waals surface area contributed by atoms with Crippen LogP contribution in [0, 0.1) is 5.53 Å². The van der Waals surface area contributed by atoms with Crippen LogP contribution in [0.4, 0.5) is 11.4 Å². The number of ether oxygens (including phenoxy) is 1. The molecule has 0 saturated heterocycles. The molecule has 0 atom stereocenters. The summed E-state index contributed by atoms with van der Waals surface area (Å²) < 4.78 is 4.84. The number of nitrogens with one attached hydrogen (secondary N) is 2. The Hall–Kier alpha value is -3.47. The zero-order chi connectivity index (χ0) is 18.5. The normalized spacial score (nSPS) is 10.2. The Kier molecular flexibility index (Phi) is 5.08. The number of rotatable bonds is 5. The zero-order valence-electron chi connectivity index (χ0n) is 14.6. The van der Waals surface area contributed by atoms with Gasteiger partial charge < -0.3 is 10.1 Å². The standard InChI is InChI=1S/C21H19N3O2/c1-23-19-13-17(12-18(20(19)24-22)21(25)26-2)16-10-8-15(9-11-16)14-6-4-3-5-7-14/h3-13,22-23H,1-2H3. The van der Waals surface area contributed by atoms with Crippen LogP contribution >= 0.6 is 0 Å². The van der Waals surface area contributed by atoms with Gasteiger partial charge in [-0.1, -0.05) is 54.6 Å². The van der Waals surface area contributed by atoms with Crippen LogP contribution in [0.2, 0.25) is 0 Å². The van der Waals surface area contributed by atoms with Gasteiger partial charge in [0.25, 0.3) is 0 Å². The van der Waals surface area contributed by atoms with Gasteiger partial charge >= 0.3 is 5.97 Å². The molecule has 0 aliphatic heterocycles. The van der Waals surface area contributed by atoms with Crippen LogP contribution in [0.25, 0.3) is 22.3 Å². The second kappa shape index (κ2) is 7.61. The number of nitrogens with zero attached hydrogens (tertiary/aromatic N) is 1. The Balaban J connectivity index is 2.06. The minimum absolute atomic E-state index is 0.261. The first-order valence-electron chi connectivity index (χ1n) is 8.15. The smallest absolute Gasteiger partial charge is 0.340 e. The molecule has 0 aromatic heterocycles. The third-order valence-electron chi connectivity index (χ3n) is 4.22. The van der Waals surface area contributed by atoms with E-state index in [1.54, 1.807) is 13.1 Å². The molecule has 130 valence electrons. The van der Waals surface area contributed by atoms with E-state index in [4.69, 9.17) is 10.3 Å². The van der Waals surface area contributed by atoms with Gasteiger partial charge in [0.2, 0.25) is 0 Å². The van der Waals surface area contributed by atoms with Gasteiger partial charge in [0.15, 0.2) is 0 Å². The molecule has 5 nitrogen and oxygen atoms in total. The topological polar surface area (TPSA) is 74.5 Å². The third-order valence-corrected chi connectivity index (χ3v) is 4.22. The first-order chi connectivity index (χ1) is 12.7. The van der Waals surface area contributed by atoms with E-state index in [1.165, 1.54) is 7.11 Å². The summed E-state index contributed by atoms with van der Waals surface area (Å²) in [6, 6.07) is 21.8. The average Bonchev–Trinajstić information content (AvgIpc) is 2.72. The van der Waals surface area contributed by atoms with Crippen molar-refractivity contribution in [3.05, 3.63) is 72.3 Å². The molecule has 26 heavy (non-hydrogen) atoms. The van der Waals surface area contributed by atoms with Gasteiger partial charge in [-0.05, 0) is 34.4 Å². The minimum atomic E-state index is -0.518. The summed E-state index contributed by atoms with van der Waals surface area (Å²) in [6.45, 7) is 0. The van der Waals surface area contributed by atoms with Gasteiger partial charge in [-0.25, -0.2) is 10.3 Å². The predicted octanol–water partition coefficient (Wildman–Crippen LogP) is 5.51. The maximum atomic E-state index is 12.1. The van der Waals surface area contributed by atoms with Crippen molar-refractivity contribution < 1.29 is 9.53 Å². The maximum Gasteiger partial charge on any atom is 0.340 e. The number of benzene rings is 3. The van der Waals surface area contributed by atoms with Crippen molar-refractivity contribution in [3.63, 3.8) is 0 Å². The van der Waals surface area contributed by atoms with Crippen LogP contribution in [0.15, 0.2) is 71.8 Å². The van der Waals surface area contributed by atoms with Crippen LogP contribution in [0.5, 0.6) is 0 Å². The molecule has 0 spiro atoms. The van der Waals surface area contributed by atoms with Gasteiger partial charge in [-0.3, -0.25) is 0 Å². The van der Waals surface area contributed by atoms with Crippen molar-refractivity contribution in [1.29, 1.82) is 5.53 Å². The van der Waals surface area contributed by atoms with Crippen molar-refractivity contribution in [2.24, 2.45) is 5.11 Å². The molecule has 0 aliphatic rings. The summed E-state index contributed by atoms with van der Waals surface area (Å²) in [7, 11) is 3.05. The molecule has 3 rings (SSSR count). The first-order valence-corrected chi connectivity index (χ1v) is 8.15. The van der Waals surface area contributed by atoms with Gasteiger partial charge in [0, 0.05) is 7.05 Å². The molecule has 0 aliphatic carbocycles. The molecule has 0 bridgehead atoms. The predicted molar refractivity (Wildman–Crippen MR) is 103 cm³/mol. The molecule has 2 N–H and O–H groups in total. The Bertz CT molecular complexity index is 935. The van der Waals surface area contributed by atoms with E-state index in [1.807, 2.05) is 48.5 Å². The largest absolute Gasteiger partial charge is 0.465 e. The van der Waals surface area contributed by atoms with Crippen LogP contribution in [-0.4, -0.2) is 20.1 Å². The summed E-state index contributed by atoms with van der Waals surface area (Å²) >= 11 is 0. The van der Waals surface area contributed by atoms with Crippen molar-refractivity contribution >= 4 is 17.3 Å². The number of esters is 1. The van der Waals surface area contributed by atoms with Crippen LogP contribution in [-0.2, 0) is 4.74 Å². The Morgan fingerprint density at radius 1 is 0.923 bits per heavy atom. The Morgan fingerprint density at radius 3 is 2.04 bits per heavy atom. The summed E-state index contributed by atoms with van der Waals surface area (Å²) in [4.78, 5) is 12.1. The lowest BCUT2D eigenvalue weighted by atomic mass is 9.97. The number of methoxy groups -OCH3 is 1. The molecule has 3 aromatic carbocycles. The number of carbonyl (C=O) groups excluding carboxylic acids is 1. The lowest BCUT2D eigenvalue weighted by Crippen LogP contribution is -2.04. The fourth-order valence-corrected chi connectivity index (χ4v) is 2.86. The quantitative estimate of drug-likeness (QED) is 0.473. The SMILES string of the molecule is CNc1cc(-c2ccc(-c3ccccc3)cc2)cc(C(=O)OC)c1N=N. The molecule has 0 radical (unpaired) electrons. The summed E-state index contributed by atoms with van der Waals surface area (Å²) in [5, 5.41) is 6.48. The number of hydrogen-bond acceptors (Lipinski definition) is 5.